The van der Waals surface area contributed by atoms with Gasteiger partial charge in [-0.25, -0.2) is 16.8 Å². The standard InChI is InChI=1S/C17H21N3O8S2/c1-4-19(5-2)30(26,27)13-7-9-17(28-3)14(10-13)18-29(24,25)12-6-8-16(21)15(11-12)20(22)23/h6-11,18,21H,4-5H2,1-3H3. The van der Waals surface area contributed by atoms with Crippen LogP contribution in [0, 0.1) is 10.1 Å². The van der Waals surface area contributed by atoms with Crippen molar-refractivity contribution in [1.29, 1.82) is 0 Å². The first-order valence-corrected chi connectivity index (χ1v) is 11.6. The van der Waals surface area contributed by atoms with Crippen LogP contribution in [0.5, 0.6) is 11.5 Å². The fourth-order valence-corrected chi connectivity index (χ4v) is 5.23. The third-order valence-electron chi connectivity index (χ3n) is 4.21. The van der Waals surface area contributed by atoms with Crippen LogP contribution in [0.3, 0.4) is 0 Å². The first-order valence-electron chi connectivity index (χ1n) is 8.66. The molecule has 0 spiro atoms. The Morgan fingerprint density at radius 1 is 1.07 bits per heavy atom. The van der Waals surface area contributed by atoms with E-state index in [1.54, 1.807) is 13.8 Å². The van der Waals surface area contributed by atoms with Gasteiger partial charge in [-0.15, -0.1) is 0 Å². The van der Waals surface area contributed by atoms with Crippen LogP contribution in [-0.4, -0.2) is 51.4 Å². The molecule has 0 bridgehead atoms. The van der Waals surface area contributed by atoms with E-state index in [1.807, 2.05) is 0 Å². The maximum Gasteiger partial charge on any atom is 0.312 e. The van der Waals surface area contributed by atoms with Crippen molar-refractivity contribution >= 4 is 31.4 Å². The van der Waals surface area contributed by atoms with Gasteiger partial charge >= 0.3 is 5.69 Å². The largest absolute Gasteiger partial charge is 0.502 e. The minimum Gasteiger partial charge on any atom is -0.502 e. The van der Waals surface area contributed by atoms with Gasteiger partial charge in [-0.3, -0.25) is 14.8 Å². The molecular weight excluding hydrogens is 438 g/mol. The lowest BCUT2D eigenvalue weighted by atomic mass is 10.3. The predicted molar refractivity (Wildman–Crippen MR) is 109 cm³/mol. The molecule has 2 rings (SSSR count). The lowest BCUT2D eigenvalue weighted by Gasteiger charge is -2.20. The molecule has 0 aliphatic rings. The number of hydrogen-bond donors (Lipinski definition) is 2. The highest BCUT2D eigenvalue weighted by Crippen LogP contribution is 2.33. The first kappa shape index (κ1) is 23.4. The van der Waals surface area contributed by atoms with Crippen molar-refractivity contribution in [3.05, 3.63) is 46.5 Å². The minimum absolute atomic E-state index is 0.0466. The summed E-state index contributed by atoms with van der Waals surface area (Å²) in [7, 11) is -6.96. The van der Waals surface area contributed by atoms with Crippen LogP contribution >= 0.6 is 0 Å². The number of nitrogens with one attached hydrogen (secondary N) is 1. The van der Waals surface area contributed by atoms with E-state index < -0.39 is 41.3 Å². The molecular formula is C17H21N3O8S2. The van der Waals surface area contributed by atoms with Gasteiger partial charge in [0.2, 0.25) is 10.0 Å². The highest BCUT2D eigenvalue weighted by molar-refractivity contribution is 7.92. The number of phenols is 1. The highest BCUT2D eigenvalue weighted by atomic mass is 32.2. The molecule has 13 heteroatoms. The van der Waals surface area contributed by atoms with E-state index in [2.05, 4.69) is 4.72 Å². The fourth-order valence-electron chi connectivity index (χ4n) is 2.66. The zero-order chi connectivity index (χ0) is 22.7. The topological polar surface area (TPSA) is 156 Å². The maximum atomic E-state index is 12.7. The Balaban J connectivity index is 2.54. The third-order valence-corrected chi connectivity index (χ3v) is 7.62. The molecule has 0 radical (unpaired) electrons. The number of sulfonamides is 2. The molecule has 164 valence electrons. The van der Waals surface area contributed by atoms with Gasteiger partial charge in [0, 0.05) is 19.2 Å². The summed E-state index contributed by atoms with van der Waals surface area (Å²) in [5.74, 6) is -0.644. The molecule has 0 amide bonds. The molecule has 30 heavy (non-hydrogen) atoms. The molecule has 0 aliphatic heterocycles. The summed E-state index contributed by atoms with van der Waals surface area (Å²) in [6, 6.07) is 6.25. The van der Waals surface area contributed by atoms with Gasteiger partial charge in [-0.05, 0) is 30.3 Å². The van der Waals surface area contributed by atoms with Gasteiger partial charge in [0.15, 0.2) is 5.75 Å². The average Bonchev–Trinajstić information content (AvgIpc) is 2.68. The van der Waals surface area contributed by atoms with Gasteiger partial charge in [-0.1, -0.05) is 13.8 Å². The molecule has 0 saturated heterocycles. The van der Waals surface area contributed by atoms with Crippen LogP contribution in [0.15, 0.2) is 46.2 Å². The zero-order valence-corrected chi connectivity index (χ0v) is 18.0. The molecule has 11 nitrogen and oxygen atoms in total. The second-order valence-corrected chi connectivity index (χ2v) is 9.58. The monoisotopic (exact) mass is 459 g/mol. The average molecular weight is 460 g/mol. The van der Waals surface area contributed by atoms with Gasteiger partial charge in [-0.2, -0.15) is 4.31 Å². The Hall–Kier alpha value is -2.90. The van der Waals surface area contributed by atoms with Crippen LogP contribution in [0.1, 0.15) is 13.8 Å². The smallest absolute Gasteiger partial charge is 0.312 e. The second kappa shape index (κ2) is 8.85. The van der Waals surface area contributed by atoms with Crippen molar-refractivity contribution in [1.82, 2.24) is 4.31 Å². The Labute approximate surface area is 174 Å². The Bertz CT molecular complexity index is 1160. The molecule has 0 heterocycles. The summed E-state index contributed by atoms with van der Waals surface area (Å²) in [5, 5.41) is 20.5. The Morgan fingerprint density at radius 3 is 2.20 bits per heavy atom. The summed E-state index contributed by atoms with van der Waals surface area (Å²) >= 11 is 0. The maximum absolute atomic E-state index is 12.7. The van der Waals surface area contributed by atoms with E-state index in [1.165, 1.54) is 23.5 Å². The SMILES string of the molecule is CCN(CC)S(=O)(=O)c1ccc(OC)c(NS(=O)(=O)c2ccc(O)c([N+](=O)[O-])c2)c1. The summed E-state index contributed by atoms with van der Waals surface area (Å²) in [6.07, 6.45) is 0. The fraction of sp³-hybridized carbons (Fsp3) is 0.294. The number of benzene rings is 2. The number of methoxy groups -OCH3 is 1. The molecule has 0 saturated carbocycles. The molecule has 0 aliphatic carbocycles. The van der Waals surface area contributed by atoms with E-state index >= 15 is 0 Å². The number of nitro benzene ring substituents is 1. The third kappa shape index (κ3) is 4.63. The van der Waals surface area contributed by atoms with Crippen LogP contribution < -0.4 is 9.46 Å². The molecule has 0 unspecified atom stereocenters. The molecule has 2 N–H and O–H groups in total. The van der Waals surface area contributed by atoms with Crippen molar-refractivity contribution < 1.29 is 31.6 Å². The lowest BCUT2D eigenvalue weighted by molar-refractivity contribution is -0.386. The van der Waals surface area contributed by atoms with E-state index in [4.69, 9.17) is 4.74 Å². The van der Waals surface area contributed by atoms with Gasteiger partial charge in [0.05, 0.1) is 27.5 Å². The van der Waals surface area contributed by atoms with Crippen LogP contribution in [0.2, 0.25) is 0 Å². The van der Waals surface area contributed by atoms with Gasteiger partial charge in [0.1, 0.15) is 5.75 Å². The molecule has 0 fully saturated rings. The number of rotatable bonds is 9. The lowest BCUT2D eigenvalue weighted by Crippen LogP contribution is -2.30. The quantitative estimate of drug-likeness (QED) is 0.427. The number of hydrogen-bond acceptors (Lipinski definition) is 8. The van der Waals surface area contributed by atoms with E-state index in [9.17, 15) is 32.1 Å². The van der Waals surface area contributed by atoms with Crippen molar-refractivity contribution in [2.45, 2.75) is 23.6 Å². The van der Waals surface area contributed by atoms with Crippen molar-refractivity contribution in [3.63, 3.8) is 0 Å². The zero-order valence-electron chi connectivity index (χ0n) is 16.4. The first-order chi connectivity index (χ1) is 14.0. The van der Waals surface area contributed by atoms with Gasteiger partial charge in [0.25, 0.3) is 10.0 Å². The summed E-state index contributed by atoms with van der Waals surface area (Å²) in [5.41, 5.74) is -0.954. The number of nitro groups is 1. The van der Waals surface area contributed by atoms with E-state index in [-0.39, 0.29) is 29.4 Å². The van der Waals surface area contributed by atoms with Crippen molar-refractivity contribution in [2.24, 2.45) is 0 Å². The number of ether oxygens (including phenoxy) is 1. The predicted octanol–water partition coefficient (Wildman–Crippen LogP) is 2.14. The highest BCUT2D eigenvalue weighted by Gasteiger charge is 2.26. The summed E-state index contributed by atoms with van der Waals surface area (Å²) < 4.78 is 59.5. The normalized spacial score (nSPS) is 12.0. The molecule has 0 aromatic heterocycles. The van der Waals surface area contributed by atoms with Gasteiger partial charge < -0.3 is 9.84 Å². The Morgan fingerprint density at radius 2 is 1.67 bits per heavy atom. The Kier molecular flexibility index (Phi) is 6.90. The van der Waals surface area contributed by atoms with Crippen LogP contribution in [0.4, 0.5) is 11.4 Å². The molecule has 2 aromatic carbocycles. The van der Waals surface area contributed by atoms with E-state index in [0.29, 0.717) is 6.07 Å². The minimum atomic E-state index is -4.37. The number of nitrogens with zero attached hydrogens (tertiary/aromatic N) is 2. The number of aromatic hydroxyl groups is 1. The van der Waals surface area contributed by atoms with Crippen LogP contribution in [-0.2, 0) is 20.0 Å². The second-order valence-electron chi connectivity index (χ2n) is 5.96. The summed E-state index contributed by atoms with van der Waals surface area (Å²) in [6.45, 7) is 3.80. The molecule has 2 aromatic rings. The number of anilines is 1. The summed E-state index contributed by atoms with van der Waals surface area (Å²) in [4.78, 5) is 9.40. The number of phenolic OH excluding ortho intramolecular Hbond substituents is 1. The van der Waals surface area contributed by atoms with Crippen LogP contribution in [0.25, 0.3) is 0 Å². The molecule has 0 atom stereocenters. The van der Waals surface area contributed by atoms with Crippen molar-refractivity contribution in [2.75, 3.05) is 24.9 Å². The van der Waals surface area contributed by atoms with E-state index in [0.717, 1.165) is 18.2 Å². The van der Waals surface area contributed by atoms with Crippen molar-refractivity contribution in [3.8, 4) is 11.5 Å².